The second kappa shape index (κ2) is 3.87. The van der Waals surface area contributed by atoms with Gasteiger partial charge in [-0.15, -0.1) is 0 Å². The Labute approximate surface area is 72.3 Å². The Kier molecular flexibility index (Phi) is 3.05. The van der Waals surface area contributed by atoms with E-state index in [4.69, 9.17) is 10.8 Å². The molecule has 4 nitrogen and oxygen atoms in total. The Balaban J connectivity index is 2.55. The van der Waals surface area contributed by atoms with Gasteiger partial charge in [0.2, 0.25) is 5.91 Å². The van der Waals surface area contributed by atoms with Gasteiger partial charge in [0.1, 0.15) is 0 Å². The summed E-state index contributed by atoms with van der Waals surface area (Å²) >= 11 is 0. The molecule has 0 aromatic carbocycles. The molecule has 3 N–H and O–H groups in total. The number of primary amides is 1. The molecular weight excluding hydrogens is 156 g/mol. The number of carbonyl (C=O) groups is 1. The number of carbonyl (C=O) groups excluding carboxylic acids is 1. The van der Waals surface area contributed by atoms with Crippen LogP contribution in [0.5, 0.6) is 0 Å². The van der Waals surface area contributed by atoms with Crippen LogP contribution in [-0.4, -0.2) is 41.1 Å². The van der Waals surface area contributed by atoms with Gasteiger partial charge in [0, 0.05) is 6.04 Å². The third-order valence-corrected chi connectivity index (χ3v) is 2.54. The van der Waals surface area contributed by atoms with Crippen molar-refractivity contribution in [2.45, 2.75) is 31.8 Å². The monoisotopic (exact) mass is 172 g/mol. The fourth-order valence-electron chi connectivity index (χ4n) is 1.73. The largest absolute Gasteiger partial charge is 0.395 e. The molecular formula is C8H16N2O2. The summed E-state index contributed by atoms with van der Waals surface area (Å²) in [5.41, 5.74) is 5.17. The normalized spacial score (nSPS) is 27.3. The first-order chi connectivity index (χ1) is 5.66. The number of amides is 1. The second-order valence-corrected chi connectivity index (χ2v) is 3.29. The molecule has 2 atom stereocenters. The van der Waals surface area contributed by atoms with Gasteiger partial charge in [0.15, 0.2) is 0 Å². The molecule has 1 unspecified atom stereocenters. The van der Waals surface area contributed by atoms with Crippen LogP contribution in [0.2, 0.25) is 0 Å². The predicted octanol–water partition coefficient (Wildman–Crippen LogP) is -0.683. The summed E-state index contributed by atoms with van der Waals surface area (Å²) in [4.78, 5) is 12.8. The molecule has 0 aromatic heterocycles. The Morgan fingerprint density at radius 3 is 3.00 bits per heavy atom. The first-order valence-electron chi connectivity index (χ1n) is 4.32. The van der Waals surface area contributed by atoms with E-state index < -0.39 is 0 Å². The van der Waals surface area contributed by atoms with Crippen LogP contribution in [-0.2, 0) is 4.79 Å². The summed E-state index contributed by atoms with van der Waals surface area (Å²) in [5.74, 6) is -0.310. The van der Waals surface area contributed by atoms with E-state index in [1.807, 2.05) is 4.90 Å². The van der Waals surface area contributed by atoms with Gasteiger partial charge in [-0.3, -0.25) is 9.69 Å². The Morgan fingerprint density at radius 2 is 2.50 bits per heavy atom. The SMILES string of the molecule is CC(C(N)=O)N1CCC[C@H]1CO. The molecule has 0 saturated carbocycles. The lowest BCUT2D eigenvalue weighted by Crippen LogP contribution is -2.46. The molecule has 0 aliphatic carbocycles. The number of hydrogen-bond donors (Lipinski definition) is 2. The van der Waals surface area contributed by atoms with Crippen molar-refractivity contribution in [3.05, 3.63) is 0 Å². The van der Waals surface area contributed by atoms with E-state index in [0.29, 0.717) is 0 Å². The molecule has 1 heterocycles. The zero-order valence-corrected chi connectivity index (χ0v) is 7.36. The van der Waals surface area contributed by atoms with Gasteiger partial charge in [-0.2, -0.15) is 0 Å². The van der Waals surface area contributed by atoms with Gasteiger partial charge in [-0.1, -0.05) is 0 Å². The Morgan fingerprint density at radius 1 is 1.83 bits per heavy atom. The van der Waals surface area contributed by atoms with Crippen LogP contribution in [0, 0.1) is 0 Å². The highest BCUT2D eigenvalue weighted by atomic mass is 16.3. The van der Waals surface area contributed by atoms with Crippen molar-refractivity contribution in [3.8, 4) is 0 Å². The average Bonchev–Trinajstić information content (AvgIpc) is 2.49. The zero-order valence-electron chi connectivity index (χ0n) is 7.36. The maximum Gasteiger partial charge on any atom is 0.234 e. The summed E-state index contributed by atoms with van der Waals surface area (Å²) in [6.07, 6.45) is 2.01. The molecule has 0 aromatic rings. The molecule has 0 radical (unpaired) electrons. The highest BCUT2D eigenvalue weighted by Gasteiger charge is 2.30. The first-order valence-corrected chi connectivity index (χ1v) is 4.32. The van der Waals surface area contributed by atoms with Gasteiger partial charge < -0.3 is 10.8 Å². The third kappa shape index (κ3) is 1.76. The number of aliphatic hydroxyl groups excluding tert-OH is 1. The van der Waals surface area contributed by atoms with E-state index in [1.54, 1.807) is 6.92 Å². The Bertz CT molecular complexity index is 172. The summed E-state index contributed by atoms with van der Waals surface area (Å²) < 4.78 is 0. The second-order valence-electron chi connectivity index (χ2n) is 3.29. The lowest BCUT2D eigenvalue weighted by Gasteiger charge is -2.26. The summed E-state index contributed by atoms with van der Waals surface area (Å²) in [5, 5.41) is 8.97. The van der Waals surface area contributed by atoms with E-state index in [-0.39, 0.29) is 24.6 Å². The van der Waals surface area contributed by atoms with E-state index in [1.165, 1.54) is 0 Å². The molecule has 4 heteroatoms. The smallest absolute Gasteiger partial charge is 0.234 e. The van der Waals surface area contributed by atoms with Crippen molar-refractivity contribution in [2.24, 2.45) is 5.73 Å². The topological polar surface area (TPSA) is 66.6 Å². The minimum absolute atomic E-state index is 0.123. The van der Waals surface area contributed by atoms with Crippen LogP contribution >= 0.6 is 0 Å². The first kappa shape index (κ1) is 9.48. The van der Waals surface area contributed by atoms with Crippen LogP contribution < -0.4 is 5.73 Å². The predicted molar refractivity (Wildman–Crippen MR) is 45.5 cm³/mol. The van der Waals surface area contributed by atoms with Gasteiger partial charge >= 0.3 is 0 Å². The van der Waals surface area contributed by atoms with Crippen LogP contribution in [0.3, 0.4) is 0 Å². The molecule has 1 aliphatic heterocycles. The third-order valence-electron chi connectivity index (χ3n) is 2.54. The molecule has 1 amide bonds. The fourth-order valence-corrected chi connectivity index (χ4v) is 1.73. The quantitative estimate of drug-likeness (QED) is 0.592. The average molecular weight is 172 g/mol. The zero-order chi connectivity index (χ0) is 9.14. The summed E-state index contributed by atoms with van der Waals surface area (Å²) in [6, 6.07) is -0.114. The molecule has 1 aliphatic rings. The number of likely N-dealkylation sites (tertiary alicyclic amines) is 1. The van der Waals surface area contributed by atoms with Crippen LogP contribution in [0.15, 0.2) is 0 Å². The summed E-state index contributed by atoms with van der Waals surface area (Å²) in [7, 11) is 0. The van der Waals surface area contributed by atoms with Crippen LogP contribution in [0.25, 0.3) is 0 Å². The molecule has 1 fully saturated rings. The number of rotatable bonds is 3. The summed E-state index contributed by atoms with van der Waals surface area (Å²) in [6.45, 7) is 2.78. The molecule has 70 valence electrons. The van der Waals surface area contributed by atoms with Crippen molar-refractivity contribution >= 4 is 5.91 Å². The lowest BCUT2D eigenvalue weighted by atomic mass is 10.2. The maximum atomic E-state index is 10.8. The minimum Gasteiger partial charge on any atom is -0.395 e. The lowest BCUT2D eigenvalue weighted by molar-refractivity contribution is -0.123. The number of aliphatic hydroxyl groups is 1. The molecule has 1 rings (SSSR count). The standard InChI is InChI=1S/C8H16N2O2/c1-6(8(9)12)10-4-2-3-7(10)5-11/h6-7,11H,2-5H2,1H3,(H2,9,12)/t6?,7-/m0/s1. The van der Waals surface area contributed by atoms with Crippen molar-refractivity contribution in [1.29, 1.82) is 0 Å². The van der Waals surface area contributed by atoms with E-state index in [2.05, 4.69) is 0 Å². The Hall–Kier alpha value is -0.610. The molecule has 0 bridgehead atoms. The molecule has 1 saturated heterocycles. The van der Waals surface area contributed by atoms with Crippen molar-refractivity contribution in [1.82, 2.24) is 4.90 Å². The fraction of sp³-hybridized carbons (Fsp3) is 0.875. The van der Waals surface area contributed by atoms with E-state index in [0.717, 1.165) is 19.4 Å². The van der Waals surface area contributed by atoms with Crippen LogP contribution in [0.1, 0.15) is 19.8 Å². The van der Waals surface area contributed by atoms with E-state index >= 15 is 0 Å². The number of nitrogens with zero attached hydrogens (tertiary/aromatic N) is 1. The van der Waals surface area contributed by atoms with Gasteiger partial charge in [0.05, 0.1) is 12.6 Å². The maximum absolute atomic E-state index is 10.8. The highest BCUT2D eigenvalue weighted by Crippen LogP contribution is 2.19. The van der Waals surface area contributed by atoms with E-state index in [9.17, 15) is 4.79 Å². The van der Waals surface area contributed by atoms with Gasteiger partial charge in [-0.25, -0.2) is 0 Å². The minimum atomic E-state index is -0.310. The molecule has 12 heavy (non-hydrogen) atoms. The van der Waals surface area contributed by atoms with Gasteiger partial charge in [0.25, 0.3) is 0 Å². The molecule has 0 spiro atoms. The highest BCUT2D eigenvalue weighted by molar-refractivity contribution is 5.79. The van der Waals surface area contributed by atoms with Crippen LogP contribution in [0.4, 0.5) is 0 Å². The number of hydrogen-bond acceptors (Lipinski definition) is 3. The number of nitrogens with two attached hydrogens (primary N) is 1. The van der Waals surface area contributed by atoms with Crippen molar-refractivity contribution < 1.29 is 9.90 Å². The van der Waals surface area contributed by atoms with Crippen molar-refractivity contribution in [3.63, 3.8) is 0 Å². The van der Waals surface area contributed by atoms with Gasteiger partial charge in [-0.05, 0) is 26.3 Å². The van der Waals surface area contributed by atoms with Crippen molar-refractivity contribution in [2.75, 3.05) is 13.2 Å².